The highest BCUT2D eigenvalue weighted by Crippen LogP contribution is 2.24. The fourth-order valence-corrected chi connectivity index (χ4v) is 4.03. The predicted molar refractivity (Wildman–Crippen MR) is 141 cm³/mol. The van der Waals surface area contributed by atoms with Crippen molar-refractivity contribution in [2.24, 2.45) is 0 Å². The van der Waals surface area contributed by atoms with Crippen LogP contribution in [0.1, 0.15) is 35.1 Å². The smallest absolute Gasteiger partial charge is 0.272 e. The van der Waals surface area contributed by atoms with Crippen LogP contribution in [0.3, 0.4) is 0 Å². The van der Waals surface area contributed by atoms with Crippen molar-refractivity contribution in [1.29, 1.82) is 0 Å². The summed E-state index contributed by atoms with van der Waals surface area (Å²) < 4.78 is 2.50. The van der Waals surface area contributed by atoms with Gasteiger partial charge in [-0.25, -0.2) is 9.89 Å². The maximum atomic E-state index is 13.2. The Balaban J connectivity index is 1.40. The van der Waals surface area contributed by atoms with Gasteiger partial charge in [-0.15, -0.1) is 14.9 Å². The molecule has 0 bridgehead atoms. The number of aromatic amines is 1. The van der Waals surface area contributed by atoms with Crippen molar-refractivity contribution in [2.75, 3.05) is 0 Å². The number of hydrogen-bond acceptors (Lipinski definition) is 6. The van der Waals surface area contributed by atoms with Gasteiger partial charge in [-0.3, -0.25) is 9.36 Å². The van der Waals surface area contributed by atoms with Crippen LogP contribution in [0.15, 0.2) is 89.7 Å². The number of H-pyrrole nitrogens is 1. The molecule has 0 spiro atoms. The summed E-state index contributed by atoms with van der Waals surface area (Å²) in [4.78, 5) is 26.1. The van der Waals surface area contributed by atoms with Crippen molar-refractivity contribution >= 4 is 12.0 Å². The number of carbonyl (C=O) groups excluding carboxylic acids is 1. The van der Waals surface area contributed by atoms with E-state index in [0.717, 1.165) is 38.9 Å². The summed E-state index contributed by atoms with van der Waals surface area (Å²) in [6, 6.07) is 25.2. The maximum absolute atomic E-state index is 13.2. The summed E-state index contributed by atoms with van der Waals surface area (Å²) in [5.41, 5.74) is 4.22. The van der Waals surface area contributed by atoms with E-state index >= 15 is 0 Å². The zero-order valence-electron chi connectivity index (χ0n) is 20.3. The van der Waals surface area contributed by atoms with Crippen LogP contribution in [0.25, 0.3) is 28.6 Å². The summed E-state index contributed by atoms with van der Waals surface area (Å²) in [7, 11) is 0. The molecule has 0 amide bonds. The molecule has 0 aliphatic rings. The Morgan fingerprint density at radius 2 is 1.70 bits per heavy atom. The van der Waals surface area contributed by atoms with Gasteiger partial charge in [-0.05, 0) is 51.2 Å². The number of benzene rings is 3. The van der Waals surface area contributed by atoms with Crippen LogP contribution in [0.5, 0.6) is 0 Å². The van der Waals surface area contributed by atoms with Gasteiger partial charge in [-0.2, -0.15) is 0 Å². The van der Waals surface area contributed by atoms with E-state index in [-0.39, 0.29) is 12.3 Å². The third kappa shape index (κ3) is 5.35. The second kappa shape index (κ2) is 10.8. The highest BCUT2D eigenvalue weighted by Gasteiger charge is 2.18. The quantitative estimate of drug-likeness (QED) is 0.347. The first-order valence-corrected chi connectivity index (χ1v) is 12.0. The molecule has 0 fully saturated rings. The van der Waals surface area contributed by atoms with Crippen LogP contribution in [0.4, 0.5) is 0 Å². The van der Waals surface area contributed by atoms with Crippen LogP contribution in [0.2, 0.25) is 0 Å². The van der Waals surface area contributed by atoms with Crippen molar-refractivity contribution in [3.8, 4) is 22.5 Å². The molecule has 2 heterocycles. The lowest BCUT2D eigenvalue weighted by Gasteiger charge is -2.07. The topological polar surface area (TPSA) is 111 Å². The van der Waals surface area contributed by atoms with Crippen LogP contribution >= 0.6 is 0 Å². The molecular formula is C28H25N7O2. The normalized spacial score (nSPS) is 11.3. The molecular weight excluding hydrogens is 466 g/mol. The Morgan fingerprint density at radius 3 is 2.43 bits per heavy atom. The molecule has 2 aromatic heterocycles. The number of tetrazole rings is 1. The Kier molecular flexibility index (Phi) is 6.93. The lowest BCUT2D eigenvalue weighted by Crippen LogP contribution is -2.31. The van der Waals surface area contributed by atoms with E-state index in [1.54, 1.807) is 6.08 Å². The first-order chi connectivity index (χ1) is 18.1. The Morgan fingerprint density at radius 1 is 0.919 bits per heavy atom. The number of nitrogens with zero attached hydrogens (tertiary/aromatic N) is 6. The average molecular weight is 492 g/mol. The number of hydrogen-bond donors (Lipinski definition) is 1. The van der Waals surface area contributed by atoms with Gasteiger partial charge in [0.1, 0.15) is 0 Å². The van der Waals surface area contributed by atoms with Gasteiger partial charge in [0.25, 0.3) is 5.91 Å². The zero-order chi connectivity index (χ0) is 25.6. The standard InChI is InChI=1S/C28H25N7O2/c1-2-3-12-25-31-35(26(36)17-20-8-5-4-6-9-20)28(37)34(25)19-21-13-15-22(16-14-21)23-10-7-11-24(18-23)27-29-32-33-30-27/h3-16,18H,2,17,19H2,1H3,(H,29,30,32,33)/b12-3+. The molecule has 0 aliphatic heterocycles. The molecule has 1 N–H and O–H groups in total. The lowest BCUT2D eigenvalue weighted by atomic mass is 10.0. The van der Waals surface area contributed by atoms with Gasteiger partial charge >= 0.3 is 5.69 Å². The van der Waals surface area contributed by atoms with Crippen LogP contribution in [-0.4, -0.2) is 40.9 Å². The summed E-state index contributed by atoms with van der Waals surface area (Å²) >= 11 is 0. The highest BCUT2D eigenvalue weighted by molar-refractivity contribution is 5.80. The van der Waals surface area contributed by atoms with Crippen LogP contribution in [-0.2, 0) is 13.0 Å². The number of allylic oxidation sites excluding steroid dienone is 1. The van der Waals surface area contributed by atoms with Crippen molar-refractivity contribution in [1.82, 2.24) is 35.0 Å². The van der Waals surface area contributed by atoms with E-state index in [2.05, 4.69) is 25.7 Å². The summed E-state index contributed by atoms with van der Waals surface area (Å²) in [5, 5.41) is 18.4. The molecule has 0 atom stereocenters. The van der Waals surface area contributed by atoms with Crippen LogP contribution in [0, 0.1) is 0 Å². The summed E-state index contributed by atoms with van der Waals surface area (Å²) in [6.45, 7) is 2.30. The molecule has 0 aliphatic carbocycles. The van der Waals surface area contributed by atoms with Gasteiger partial charge in [0.15, 0.2) is 11.6 Å². The van der Waals surface area contributed by atoms with E-state index in [1.165, 1.54) is 4.57 Å². The number of carbonyl (C=O) groups is 1. The molecule has 9 heteroatoms. The fraction of sp³-hybridized carbons (Fsp3) is 0.143. The molecule has 5 rings (SSSR count). The summed E-state index contributed by atoms with van der Waals surface area (Å²) in [5.74, 6) is 0.688. The van der Waals surface area contributed by atoms with E-state index in [0.29, 0.717) is 18.2 Å². The largest absolute Gasteiger partial charge is 0.353 e. The predicted octanol–water partition coefficient (Wildman–Crippen LogP) is 4.25. The van der Waals surface area contributed by atoms with Crippen molar-refractivity contribution in [3.63, 3.8) is 0 Å². The Hall–Kier alpha value is -4.92. The highest BCUT2D eigenvalue weighted by atomic mass is 16.2. The van der Waals surface area contributed by atoms with E-state index in [4.69, 9.17) is 0 Å². The average Bonchev–Trinajstić information content (AvgIpc) is 3.58. The number of rotatable bonds is 8. The van der Waals surface area contributed by atoms with E-state index < -0.39 is 5.69 Å². The van der Waals surface area contributed by atoms with E-state index in [9.17, 15) is 9.59 Å². The molecule has 3 aromatic carbocycles. The molecule has 0 saturated carbocycles. The molecule has 37 heavy (non-hydrogen) atoms. The van der Waals surface area contributed by atoms with Gasteiger partial charge in [0.05, 0.1) is 13.0 Å². The number of aromatic nitrogens is 7. The van der Waals surface area contributed by atoms with Crippen molar-refractivity contribution < 1.29 is 4.79 Å². The molecule has 184 valence electrons. The minimum atomic E-state index is -0.450. The molecule has 0 radical (unpaired) electrons. The SMILES string of the molecule is CC/C=C/c1nn(C(=O)Cc2ccccc2)c(=O)n1Cc1ccc(-c2cccc(-c3nnn[nH]3)c2)cc1. The van der Waals surface area contributed by atoms with Gasteiger partial charge in [0.2, 0.25) is 0 Å². The Labute approximate surface area is 213 Å². The number of nitrogens with one attached hydrogen (secondary N) is 1. The third-order valence-electron chi connectivity index (χ3n) is 5.94. The first-order valence-electron chi connectivity index (χ1n) is 12.0. The molecule has 9 nitrogen and oxygen atoms in total. The van der Waals surface area contributed by atoms with Crippen LogP contribution < -0.4 is 5.69 Å². The lowest BCUT2D eigenvalue weighted by molar-refractivity contribution is 0.0893. The minimum absolute atomic E-state index is 0.104. The van der Waals surface area contributed by atoms with Crippen molar-refractivity contribution in [2.45, 2.75) is 26.3 Å². The monoisotopic (exact) mass is 491 g/mol. The summed E-state index contributed by atoms with van der Waals surface area (Å²) in [6.07, 6.45) is 4.60. The molecule has 0 saturated heterocycles. The van der Waals surface area contributed by atoms with Gasteiger partial charge < -0.3 is 0 Å². The molecule has 0 unspecified atom stereocenters. The second-order valence-electron chi connectivity index (χ2n) is 8.53. The molecule has 5 aromatic rings. The first kappa shape index (κ1) is 23.8. The maximum Gasteiger partial charge on any atom is 0.353 e. The van der Waals surface area contributed by atoms with Gasteiger partial charge in [-0.1, -0.05) is 85.8 Å². The zero-order valence-corrected chi connectivity index (χ0v) is 20.3. The van der Waals surface area contributed by atoms with Gasteiger partial charge in [0, 0.05) is 5.56 Å². The third-order valence-corrected chi connectivity index (χ3v) is 5.94. The minimum Gasteiger partial charge on any atom is -0.272 e. The van der Waals surface area contributed by atoms with E-state index in [1.807, 2.05) is 91.9 Å². The van der Waals surface area contributed by atoms with Crippen molar-refractivity contribution in [3.05, 3.63) is 112 Å². The Bertz CT molecular complexity index is 1580. The fourth-order valence-electron chi connectivity index (χ4n) is 4.03. The second-order valence-corrected chi connectivity index (χ2v) is 8.53.